The number of amides is 1. The number of ether oxygens (including phenoxy) is 1. The molecule has 0 N–H and O–H groups in total. The molecule has 0 saturated carbocycles. The van der Waals surface area contributed by atoms with Crippen molar-refractivity contribution in [3.8, 4) is 5.75 Å². The van der Waals surface area contributed by atoms with Crippen molar-refractivity contribution in [1.29, 1.82) is 0 Å². The highest BCUT2D eigenvalue weighted by atomic mass is 32.2. The van der Waals surface area contributed by atoms with Gasteiger partial charge in [0.15, 0.2) is 0 Å². The first-order valence-electron chi connectivity index (χ1n) is 8.76. The number of hydrogen-bond donors (Lipinski definition) is 0. The molecule has 2 aromatic rings. The molecule has 3 rings (SSSR count). The SMILES string of the molecule is COc1cc(SC)ccc1C(=O)N1CCCN(Cc2cc(C)on2)CC1. The fourth-order valence-corrected chi connectivity index (χ4v) is 3.63. The minimum absolute atomic E-state index is 0.0358. The molecule has 1 aliphatic heterocycles. The lowest BCUT2D eigenvalue weighted by atomic mass is 10.1. The second-order valence-corrected chi connectivity index (χ2v) is 7.30. The van der Waals surface area contributed by atoms with E-state index in [9.17, 15) is 4.79 Å². The van der Waals surface area contributed by atoms with Crippen LogP contribution < -0.4 is 4.74 Å². The standard InChI is InChI=1S/C19H25N3O3S/c1-14-11-15(20-25-14)13-21-7-4-8-22(10-9-21)19(23)17-6-5-16(26-3)12-18(17)24-2/h5-6,11-12H,4,7-10,13H2,1-3H3. The third-order valence-corrected chi connectivity index (χ3v) is 5.30. The third-order valence-electron chi connectivity index (χ3n) is 4.58. The quantitative estimate of drug-likeness (QED) is 0.749. The monoisotopic (exact) mass is 375 g/mol. The van der Waals surface area contributed by atoms with Crippen molar-refractivity contribution >= 4 is 17.7 Å². The molecule has 0 unspecified atom stereocenters. The number of nitrogens with zero attached hydrogens (tertiary/aromatic N) is 3. The Labute approximate surface area is 158 Å². The Morgan fingerprint density at radius 1 is 1.27 bits per heavy atom. The van der Waals surface area contributed by atoms with Crippen molar-refractivity contribution in [1.82, 2.24) is 15.0 Å². The van der Waals surface area contributed by atoms with E-state index in [0.29, 0.717) is 17.9 Å². The summed E-state index contributed by atoms with van der Waals surface area (Å²) in [5.74, 6) is 1.50. The van der Waals surface area contributed by atoms with Gasteiger partial charge < -0.3 is 14.2 Å². The van der Waals surface area contributed by atoms with Gasteiger partial charge in [-0.15, -0.1) is 11.8 Å². The van der Waals surface area contributed by atoms with Crippen LogP contribution in [0.4, 0.5) is 0 Å². The zero-order valence-corrected chi connectivity index (χ0v) is 16.3. The molecule has 0 spiro atoms. The van der Waals surface area contributed by atoms with Crippen LogP contribution in [0.5, 0.6) is 5.75 Å². The van der Waals surface area contributed by atoms with E-state index >= 15 is 0 Å². The summed E-state index contributed by atoms with van der Waals surface area (Å²) in [5, 5.41) is 4.07. The minimum Gasteiger partial charge on any atom is -0.496 e. The number of hydrogen-bond acceptors (Lipinski definition) is 6. The normalized spacial score (nSPS) is 15.7. The minimum atomic E-state index is 0.0358. The van der Waals surface area contributed by atoms with Gasteiger partial charge in [-0.25, -0.2) is 0 Å². The molecule has 140 valence electrons. The van der Waals surface area contributed by atoms with Gasteiger partial charge >= 0.3 is 0 Å². The van der Waals surface area contributed by atoms with Gasteiger partial charge in [0.05, 0.1) is 18.4 Å². The lowest BCUT2D eigenvalue weighted by Crippen LogP contribution is -2.35. The summed E-state index contributed by atoms with van der Waals surface area (Å²) in [6.45, 7) is 5.87. The van der Waals surface area contributed by atoms with Crippen molar-refractivity contribution < 1.29 is 14.1 Å². The highest BCUT2D eigenvalue weighted by Gasteiger charge is 2.23. The first-order chi connectivity index (χ1) is 12.6. The molecule has 2 heterocycles. The van der Waals surface area contributed by atoms with Gasteiger partial charge in [-0.2, -0.15) is 0 Å². The Hall–Kier alpha value is -1.99. The molecule has 1 aliphatic rings. The molecule has 1 fully saturated rings. The summed E-state index contributed by atoms with van der Waals surface area (Å²) in [6, 6.07) is 7.73. The van der Waals surface area contributed by atoms with Gasteiger partial charge in [-0.05, 0) is 37.8 Å². The largest absolute Gasteiger partial charge is 0.496 e. The Kier molecular flexibility index (Phi) is 6.21. The fourth-order valence-electron chi connectivity index (χ4n) is 3.20. The van der Waals surface area contributed by atoms with Gasteiger partial charge in [-0.3, -0.25) is 9.69 Å². The van der Waals surface area contributed by atoms with Crippen molar-refractivity contribution in [2.75, 3.05) is 39.5 Å². The van der Waals surface area contributed by atoms with Crippen LogP contribution in [0.3, 0.4) is 0 Å². The third kappa shape index (κ3) is 4.40. The second kappa shape index (κ2) is 8.60. The number of thioether (sulfide) groups is 1. The summed E-state index contributed by atoms with van der Waals surface area (Å²) < 4.78 is 10.6. The van der Waals surface area contributed by atoms with Crippen molar-refractivity contribution in [3.05, 3.63) is 41.3 Å². The number of benzene rings is 1. The highest BCUT2D eigenvalue weighted by molar-refractivity contribution is 7.98. The zero-order chi connectivity index (χ0) is 18.5. The first-order valence-corrected chi connectivity index (χ1v) is 9.99. The Morgan fingerprint density at radius 2 is 2.12 bits per heavy atom. The Morgan fingerprint density at radius 3 is 2.81 bits per heavy atom. The Balaban J connectivity index is 1.66. The van der Waals surface area contributed by atoms with E-state index in [2.05, 4.69) is 10.1 Å². The highest BCUT2D eigenvalue weighted by Crippen LogP contribution is 2.26. The topological polar surface area (TPSA) is 58.8 Å². The van der Waals surface area contributed by atoms with E-state index in [0.717, 1.165) is 48.9 Å². The molecular weight excluding hydrogens is 350 g/mol. The van der Waals surface area contributed by atoms with E-state index in [1.54, 1.807) is 18.9 Å². The zero-order valence-electron chi connectivity index (χ0n) is 15.5. The van der Waals surface area contributed by atoms with Gasteiger partial charge in [0.2, 0.25) is 0 Å². The predicted octanol–water partition coefficient (Wildman–Crippen LogP) is 3.06. The molecule has 1 aromatic carbocycles. The van der Waals surface area contributed by atoms with Crippen LogP contribution in [0, 0.1) is 6.92 Å². The summed E-state index contributed by atoms with van der Waals surface area (Å²) in [4.78, 5) is 18.3. The molecule has 1 aromatic heterocycles. The summed E-state index contributed by atoms with van der Waals surface area (Å²) in [5.41, 5.74) is 1.57. The van der Waals surface area contributed by atoms with E-state index in [1.165, 1.54) is 0 Å². The van der Waals surface area contributed by atoms with Gasteiger partial charge in [0.25, 0.3) is 5.91 Å². The average molecular weight is 375 g/mol. The number of aryl methyl sites for hydroxylation is 1. The van der Waals surface area contributed by atoms with Gasteiger partial charge in [-0.1, -0.05) is 5.16 Å². The number of carbonyl (C=O) groups is 1. The maximum Gasteiger partial charge on any atom is 0.257 e. The molecule has 0 radical (unpaired) electrons. The molecule has 0 atom stereocenters. The van der Waals surface area contributed by atoms with Crippen LogP contribution >= 0.6 is 11.8 Å². The number of methoxy groups -OCH3 is 1. The lowest BCUT2D eigenvalue weighted by Gasteiger charge is -2.22. The average Bonchev–Trinajstić information content (AvgIpc) is 2.92. The number of carbonyl (C=O) groups excluding carboxylic acids is 1. The van der Waals surface area contributed by atoms with Crippen LogP contribution in [0.1, 0.15) is 28.2 Å². The smallest absolute Gasteiger partial charge is 0.257 e. The predicted molar refractivity (Wildman–Crippen MR) is 102 cm³/mol. The second-order valence-electron chi connectivity index (χ2n) is 6.42. The van der Waals surface area contributed by atoms with Crippen molar-refractivity contribution in [3.63, 3.8) is 0 Å². The maximum absolute atomic E-state index is 13.0. The van der Waals surface area contributed by atoms with Gasteiger partial charge in [0, 0.05) is 43.7 Å². The lowest BCUT2D eigenvalue weighted by molar-refractivity contribution is 0.0757. The summed E-state index contributed by atoms with van der Waals surface area (Å²) >= 11 is 1.64. The van der Waals surface area contributed by atoms with E-state index in [-0.39, 0.29) is 5.91 Å². The van der Waals surface area contributed by atoms with Crippen LogP contribution in [-0.2, 0) is 6.54 Å². The molecule has 7 heteroatoms. The van der Waals surface area contributed by atoms with Crippen LogP contribution in [0.2, 0.25) is 0 Å². The molecular formula is C19H25N3O3S. The van der Waals surface area contributed by atoms with E-state index in [1.807, 2.05) is 42.3 Å². The maximum atomic E-state index is 13.0. The molecule has 1 amide bonds. The van der Waals surface area contributed by atoms with Crippen LogP contribution in [0.25, 0.3) is 0 Å². The molecule has 6 nitrogen and oxygen atoms in total. The number of aromatic nitrogens is 1. The molecule has 0 bridgehead atoms. The molecule has 0 aliphatic carbocycles. The fraction of sp³-hybridized carbons (Fsp3) is 0.474. The number of rotatable bonds is 5. The van der Waals surface area contributed by atoms with Crippen LogP contribution in [-0.4, -0.2) is 60.4 Å². The summed E-state index contributed by atoms with van der Waals surface area (Å²) in [6.07, 6.45) is 2.95. The van der Waals surface area contributed by atoms with Crippen molar-refractivity contribution in [2.45, 2.75) is 24.8 Å². The van der Waals surface area contributed by atoms with Crippen molar-refractivity contribution in [2.24, 2.45) is 0 Å². The van der Waals surface area contributed by atoms with Crippen LogP contribution in [0.15, 0.2) is 33.7 Å². The first kappa shape index (κ1) is 18.8. The van der Waals surface area contributed by atoms with E-state index < -0.39 is 0 Å². The molecule has 1 saturated heterocycles. The van der Waals surface area contributed by atoms with Gasteiger partial charge in [0.1, 0.15) is 11.5 Å². The summed E-state index contributed by atoms with van der Waals surface area (Å²) in [7, 11) is 1.61. The molecule has 26 heavy (non-hydrogen) atoms. The van der Waals surface area contributed by atoms with E-state index in [4.69, 9.17) is 9.26 Å². The Bertz CT molecular complexity index is 762.